The van der Waals surface area contributed by atoms with Crippen LogP contribution in [0.2, 0.25) is 0 Å². The highest BCUT2D eigenvalue weighted by Crippen LogP contribution is 2.29. The molecule has 0 heterocycles. The van der Waals surface area contributed by atoms with Crippen molar-refractivity contribution in [1.29, 1.82) is 0 Å². The minimum absolute atomic E-state index is 0.515. The number of rotatable bonds is 8. The van der Waals surface area contributed by atoms with Crippen LogP contribution in [0.1, 0.15) is 49.9 Å². The van der Waals surface area contributed by atoms with E-state index >= 15 is 0 Å². The van der Waals surface area contributed by atoms with Crippen LogP contribution in [0.3, 0.4) is 0 Å². The monoisotopic (exact) mass is 383 g/mol. The molecule has 28 heavy (non-hydrogen) atoms. The van der Waals surface area contributed by atoms with E-state index in [1.54, 1.807) is 7.11 Å². The lowest BCUT2D eigenvalue weighted by Gasteiger charge is -2.14. The number of benzene rings is 2. The topological polar surface area (TPSA) is 40.0 Å². The molecule has 0 bridgehead atoms. The summed E-state index contributed by atoms with van der Waals surface area (Å²) in [7, 11) is 1.55. The van der Waals surface area contributed by atoms with E-state index in [1.807, 2.05) is 90.1 Å². The van der Waals surface area contributed by atoms with Gasteiger partial charge >= 0.3 is 0 Å². The molecule has 0 saturated heterocycles. The molecule has 0 aliphatic carbocycles. The fourth-order valence-corrected chi connectivity index (χ4v) is 2.65. The highest BCUT2D eigenvalue weighted by molar-refractivity contribution is 5.98. The molecular weight excluding hydrogens is 350 g/mol. The molecule has 0 amide bonds. The number of hydrogen-bond acceptors (Lipinski definition) is 4. The Balaban J connectivity index is 0.00000190. The number of aryl methyl sites for hydroxylation is 2. The summed E-state index contributed by atoms with van der Waals surface area (Å²) in [5, 5.41) is 3.95. The van der Waals surface area contributed by atoms with Crippen molar-refractivity contribution < 1.29 is 14.3 Å². The van der Waals surface area contributed by atoms with E-state index < -0.39 is 0 Å². The van der Waals surface area contributed by atoms with Crippen LogP contribution in [0.25, 0.3) is 0 Å². The Kier molecular flexibility index (Phi) is 10.5. The third-order valence-electron chi connectivity index (χ3n) is 4.00. The van der Waals surface area contributed by atoms with Crippen molar-refractivity contribution in [3.63, 3.8) is 0 Å². The SMILES string of the molecule is C/C=C/COc1cc(C)c(OCc2ccc(/C(C)=N\OC)cc2)c(C)c1.CC. The summed E-state index contributed by atoms with van der Waals surface area (Å²) in [5.74, 6) is 1.77. The maximum Gasteiger partial charge on any atom is 0.125 e. The molecule has 152 valence electrons. The molecule has 0 N–H and O–H groups in total. The Morgan fingerprint density at radius 1 is 1.00 bits per heavy atom. The van der Waals surface area contributed by atoms with Crippen LogP contribution < -0.4 is 9.47 Å². The van der Waals surface area contributed by atoms with Gasteiger partial charge in [-0.1, -0.05) is 55.4 Å². The third kappa shape index (κ3) is 7.10. The zero-order valence-electron chi connectivity index (χ0n) is 18.2. The number of nitrogens with zero attached hydrogens (tertiary/aromatic N) is 1. The van der Waals surface area contributed by atoms with Crippen molar-refractivity contribution in [2.75, 3.05) is 13.7 Å². The first-order chi connectivity index (χ1) is 13.5. The van der Waals surface area contributed by atoms with E-state index in [2.05, 4.69) is 5.16 Å². The van der Waals surface area contributed by atoms with Gasteiger partial charge in [-0.25, -0.2) is 0 Å². The first-order valence-electron chi connectivity index (χ1n) is 9.70. The highest BCUT2D eigenvalue weighted by atomic mass is 16.6. The maximum absolute atomic E-state index is 6.06. The van der Waals surface area contributed by atoms with Crippen LogP contribution in [0.4, 0.5) is 0 Å². The standard InChI is InChI=1S/C22H27NO3.C2H6/c1-6-7-12-25-21-13-16(2)22(17(3)14-21)26-15-19-8-10-20(11-9-19)18(4)23-24-5;1-2/h6-11,13-14H,12,15H2,1-5H3;1-2H3/b7-6+,23-18-;. The first-order valence-corrected chi connectivity index (χ1v) is 9.70. The van der Waals surface area contributed by atoms with Crippen molar-refractivity contribution in [1.82, 2.24) is 0 Å². The molecule has 0 aliphatic heterocycles. The number of hydrogen-bond donors (Lipinski definition) is 0. The van der Waals surface area contributed by atoms with Crippen molar-refractivity contribution in [2.24, 2.45) is 5.16 Å². The predicted molar refractivity (Wildman–Crippen MR) is 118 cm³/mol. The summed E-state index contributed by atoms with van der Waals surface area (Å²) >= 11 is 0. The van der Waals surface area contributed by atoms with Crippen LogP contribution in [-0.4, -0.2) is 19.4 Å². The molecule has 0 spiro atoms. The van der Waals surface area contributed by atoms with Gasteiger partial charge in [0.1, 0.15) is 31.8 Å². The average molecular weight is 384 g/mol. The summed E-state index contributed by atoms with van der Waals surface area (Å²) in [5.41, 5.74) is 5.12. The second-order valence-corrected chi connectivity index (χ2v) is 6.11. The number of allylic oxidation sites excluding steroid dienone is 1. The van der Waals surface area contributed by atoms with E-state index in [1.165, 1.54) is 0 Å². The summed E-state index contributed by atoms with van der Waals surface area (Å²) in [4.78, 5) is 4.81. The molecule has 4 heteroatoms. The minimum Gasteiger partial charge on any atom is -0.490 e. The molecule has 0 unspecified atom stereocenters. The summed E-state index contributed by atoms with van der Waals surface area (Å²) in [6.07, 6.45) is 3.96. The smallest absolute Gasteiger partial charge is 0.125 e. The zero-order valence-corrected chi connectivity index (χ0v) is 18.2. The van der Waals surface area contributed by atoms with Gasteiger partial charge in [-0.2, -0.15) is 0 Å². The van der Waals surface area contributed by atoms with Crippen LogP contribution in [-0.2, 0) is 11.4 Å². The fraction of sp³-hybridized carbons (Fsp3) is 0.375. The quantitative estimate of drug-likeness (QED) is 0.308. The van der Waals surface area contributed by atoms with Crippen LogP contribution in [0.5, 0.6) is 11.5 Å². The molecular formula is C24H33NO3. The summed E-state index contributed by atoms with van der Waals surface area (Å²) in [6, 6.07) is 12.2. The fourth-order valence-electron chi connectivity index (χ4n) is 2.65. The number of ether oxygens (including phenoxy) is 2. The van der Waals surface area contributed by atoms with Crippen LogP contribution in [0, 0.1) is 13.8 Å². The van der Waals surface area contributed by atoms with Gasteiger partial charge in [0.25, 0.3) is 0 Å². The normalized spacial score (nSPS) is 11.0. The Labute approximate surface area is 169 Å². The van der Waals surface area contributed by atoms with Gasteiger partial charge in [0, 0.05) is 0 Å². The van der Waals surface area contributed by atoms with Gasteiger partial charge < -0.3 is 14.3 Å². The first kappa shape index (κ1) is 23.3. The molecule has 2 rings (SSSR count). The van der Waals surface area contributed by atoms with Crippen molar-refractivity contribution in [3.8, 4) is 11.5 Å². The molecule has 0 saturated carbocycles. The third-order valence-corrected chi connectivity index (χ3v) is 4.00. The van der Waals surface area contributed by atoms with Crippen LogP contribution in [0.15, 0.2) is 53.7 Å². The average Bonchev–Trinajstić information content (AvgIpc) is 2.70. The zero-order chi connectivity index (χ0) is 20.9. The predicted octanol–water partition coefficient (Wildman–Crippen LogP) is 6.23. The van der Waals surface area contributed by atoms with E-state index in [4.69, 9.17) is 14.3 Å². The van der Waals surface area contributed by atoms with Crippen LogP contribution >= 0.6 is 0 Å². The van der Waals surface area contributed by atoms with E-state index in [-0.39, 0.29) is 0 Å². The molecule has 0 fully saturated rings. The second-order valence-electron chi connectivity index (χ2n) is 6.11. The van der Waals surface area contributed by atoms with Gasteiger partial charge in [0.2, 0.25) is 0 Å². The molecule has 2 aromatic carbocycles. The van der Waals surface area contributed by atoms with Crippen molar-refractivity contribution in [2.45, 2.75) is 48.1 Å². The Morgan fingerprint density at radius 2 is 1.61 bits per heavy atom. The summed E-state index contributed by atoms with van der Waals surface area (Å²) < 4.78 is 11.8. The Bertz CT molecular complexity index is 754. The van der Waals surface area contributed by atoms with Gasteiger partial charge in [0.15, 0.2) is 0 Å². The molecule has 2 aromatic rings. The Hall–Kier alpha value is -2.75. The lowest BCUT2D eigenvalue weighted by Crippen LogP contribution is -2.02. The second kappa shape index (κ2) is 12.6. The largest absolute Gasteiger partial charge is 0.490 e. The van der Waals surface area contributed by atoms with E-state index in [9.17, 15) is 0 Å². The lowest BCUT2D eigenvalue weighted by molar-refractivity contribution is 0.213. The van der Waals surface area contributed by atoms with E-state index in [0.717, 1.165) is 39.5 Å². The minimum atomic E-state index is 0.515. The Morgan fingerprint density at radius 3 is 2.14 bits per heavy atom. The van der Waals surface area contributed by atoms with Crippen molar-refractivity contribution in [3.05, 3.63) is 70.8 Å². The lowest BCUT2D eigenvalue weighted by atomic mass is 10.1. The van der Waals surface area contributed by atoms with Gasteiger partial charge in [-0.3, -0.25) is 0 Å². The van der Waals surface area contributed by atoms with Gasteiger partial charge in [-0.05, 0) is 62.1 Å². The van der Waals surface area contributed by atoms with Gasteiger partial charge in [-0.15, -0.1) is 0 Å². The molecule has 0 aromatic heterocycles. The summed E-state index contributed by atoms with van der Waals surface area (Å²) in [6.45, 7) is 13.1. The maximum atomic E-state index is 6.06. The molecule has 0 atom stereocenters. The molecule has 0 radical (unpaired) electrons. The highest BCUT2D eigenvalue weighted by Gasteiger charge is 2.08. The van der Waals surface area contributed by atoms with Crippen molar-refractivity contribution >= 4 is 5.71 Å². The number of oxime groups is 1. The van der Waals surface area contributed by atoms with Gasteiger partial charge in [0.05, 0.1) is 5.71 Å². The molecule has 4 nitrogen and oxygen atoms in total. The molecule has 0 aliphatic rings. The van der Waals surface area contributed by atoms with E-state index in [0.29, 0.717) is 13.2 Å².